The summed E-state index contributed by atoms with van der Waals surface area (Å²) in [5, 5.41) is 5.14. The first-order valence-electron chi connectivity index (χ1n) is 9.09. The molecule has 0 unspecified atom stereocenters. The largest absolute Gasteiger partial charge is 0.452 e. The van der Waals surface area contributed by atoms with E-state index in [-0.39, 0.29) is 17.0 Å². The molecule has 30 heavy (non-hydrogen) atoms. The van der Waals surface area contributed by atoms with E-state index >= 15 is 0 Å². The molecule has 2 rings (SSSR count). The minimum Gasteiger partial charge on any atom is -0.452 e. The van der Waals surface area contributed by atoms with Crippen LogP contribution in [0.1, 0.15) is 27.0 Å². The van der Waals surface area contributed by atoms with Gasteiger partial charge in [-0.25, -0.2) is 13.2 Å². The van der Waals surface area contributed by atoms with Crippen molar-refractivity contribution in [2.45, 2.75) is 25.7 Å². The zero-order chi connectivity index (χ0) is 22.5. The zero-order valence-electron chi connectivity index (χ0n) is 17.2. The second-order valence-corrected chi connectivity index (χ2v) is 8.99. The van der Waals surface area contributed by atoms with Crippen LogP contribution in [0.2, 0.25) is 0 Å². The predicted molar refractivity (Wildman–Crippen MR) is 112 cm³/mol. The lowest BCUT2D eigenvalue weighted by Crippen LogP contribution is -2.35. The van der Waals surface area contributed by atoms with E-state index in [4.69, 9.17) is 4.74 Å². The molecular weight excluding hydrogens is 408 g/mol. The van der Waals surface area contributed by atoms with Crippen molar-refractivity contribution in [2.24, 2.45) is 0 Å². The van der Waals surface area contributed by atoms with E-state index in [1.165, 1.54) is 24.3 Å². The Bertz CT molecular complexity index is 1050. The number of sulfone groups is 1. The number of hydrogen-bond donors (Lipinski definition) is 2. The number of hydrogen-bond acceptors (Lipinski definition) is 6. The van der Waals surface area contributed by atoms with Crippen LogP contribution in [0.25, 0.3) is 0 Å². The maximum absolute atomic E-state index is 12.1. The average molecular weight is 432 g/mol. The molecule has 0 aliphatic carbocycles. The summed E-state index contributed by atoms with van der Waals surface area (Å²) in [5.74, 6) is -1.81. The Balaban J connectivity index is 1.82. The molecule has 0 saturated carbocycles. The molecule has 2 aromatic carbocycles. The van der Waals surface area contributed by atoms with Gasteiger partial charge in [-0.1, -0.05) is 17.7 Å². The monoisotopic (exact) mass is 432 g/mol. The number of rotatable bonds is 7. The molecule has 160 valence electrons. The van der Waals surface area contributed by atoms with Crippen molar-refractivity contribution < 1.29 is 27.5 Å². The molecule has 0 spiro atoms. The first-order chi connectivity index (χ1) is 14.0. The lowest BCUT2D eigenvalue weighted by atomic mass is 10.1. The second kappa shape index (κ2) is 9.53. The number of anilines is 1. The molecule has 2 amide bonds. The predicted octanol–water partition coefficient (Wildman–Crippen LogP) is 1.93. The van der Waals surface area contributed by atoms with Crippen molar-refractivity contribution in [1.82, 2.24) is 5.32 Å². The molecule has 0 bridgehead atoms. The first-order valence-corrected chi connectivity index (χ1v) is 11.0. The van der Waals surface area contributed by atoms with Crippen LogP contribution in [0.5, 0.6) is 0 Å². The molecule has 0 heterocycles. The van der Waals surface area contributed by atoms with Gasteiger partial charge in [-0.2, -0.15) is 0 Å². The van der Waals surface area contributed by atoms with Crippen molar-refractivity contribution in [1.29, 1.82) is 0 Å². The van der Waals surface area contributed by atoms with Crippen LogP contribution in [0, 0.1) is 20.8 Å². The number of benzene rings is 2. The van der Waals surface area contributed by atoms with Gasteiger partial charge in [0.1, 0.15) is 0 Å². The summed E-state index contributed by atoms with van der Waals surface area (Å²) in [7, 11) is -3.37. The third-order valence-electron chi connectivity index (χ3n) is 4.24. The zero-order valence-corrected chi connectivity index (χ0v) is 18.1. The van der Waals surface area contributed by atoms with Crippen LogP contribution < -0.4 is 10.6 Å². The lowest BCUT2D eigenvalue weighted by molar-refractivity contribution is -0.126. The number of carbonyl (C=O) groups excluding carboxylic acids is 3. The van der Waals surface area contributed by atoms with Crippen LogP contribution in [-0.2, 0) is 24.2 Å². The van der Waals surface area contributed by atoms with Gasteiger partial charge in [-0.05, 0) is 56.2 Å². The van der Waals surface area contributed by atoms with Crippen molar-refractivity contribution in [3.63, 3.8) is 0 Å². The molecule has 2 N–H and O–H groups in total. The molecular formula is C21H24N2O6S. The minimum absolute atomic E-state index is 0.0712. The fraction of sp³-hybridized carbons (Fsp3) is 0.286. The van der Waals surface area contributed by atoms with Gasteiger partial charge >= 0.3 is 5.97 Å². The van der Waals surface area contributed by atoms with E-state index in [9.17, 15) is 22.8 Å². The Kier molecular flexibility index (Phi) is 7.33. The topological polar surface area (TPSA) is 119 Å². The Morgan fingerprint density at radius 1 is 0.933 bits per heavy atom. The smallest absolute Gasteiger partial charge is 0.338 e. The summed E-state index contributed by atoms with van der Waals surface area (Å²) in [6.45, 7) is 4.90. The van der Waals surface area contributed by atoms with Gasteiger partial charge in [-0.15, -0.1) is 0 Å². The highest BCUT2D eigenvalue weighted by Gasteiger charge is 2.14. The normalized spacial score (nSPS) is 10.9. The third-order valence-corrected chi connectivity index (χ3v) is 5.37. The van der Waals surface area contributed by atoms with E-state index in [1.807, 2.05) is 32.9 Å². The van der Waals surface area contributed by atoms with Gasteiger partial charge in [0.15, 0.2) is 16.4 Å². The summed E-state index contributed by atoms with van der Waals surface area (Å²) in [6, 6.07) is 9.07. The van der Waals surface area contributed by atoms with Crippen LogP contribution in [0.4, 0.5) is 5.69 Å². The summed E-state index contributed by atoms with van der Waals surface area (Å²) < 4.78 is 27.7. The molecule has 0 saturated heterocycles. The number of ether oxygens (including phenoxy) is 1. The number of carbonyl (C=O) groups is 3. The van der Waals surface area contributed by atoms with Gasteiger partial charge in [-0.3, -0.25) is 9.59 Å². The quantitative estimate of drug-likeness (QED) is 0.646. The maximum atomic E-state index is 12.1. The van der Waals surface area contributed by atoms with Crippen molar-refractivity contribution in [2.75, 3.05) is 24.7 Å². The van der Waals surface area contributed by atoms with Crippen LogP contribution >= 0.6 is 0 Å². The molecule has 2 aromatic rings. The highest BCUT2D eigenvalue weighted by molar-refractivity contribution is 7.90. The van der Waals surface area contributed by atoms with Crippen molar-refractivity contribution in [3.05, 3.63) is 58.7 Å². The Labute approximate surface area is 175 Å². The van der Waals surface area contributed by atoms with E-state index in [2.05, 4.69) is 10.6 Å². The van der Waals surface area contributed by atoms with E-state index in [0.29, 0.717) is 5.69 Å². The Hall–Kier alpha value is -3.20. The molecule has 0 atom stereocenters. The first kappa shape index (κ1) is 23.1. The van der Waals surface area contributed by atoms with Gasteiger partial charge in [0.25, 0.3) is 5.91 Å². The van der Waals surface area contributed by atoms with Crippen molar-refractivity contribution >= 4 is 33.3 Å². The molecule has 0 aliphatic heterocycles. The number of amides is 2. The molecule has 0 aromatic heterocycles. The van der Waals surface area contributed by atoms with Crippen LogP contribution in [0.15, 0.2) is 41.3 Å². The number of aryl methyl sites for hydroxylation is 3. The van der Waals surface area contributed by atoms with E-state index in [1.54, 1.807) is 0 Å². The summed E-state index contributed by atoms with van der Waals surface area (Å²) in [4.78, 5) is 36.0. The van der Waals surface area contributed by atoms with Crippen LogP contribution in [-0.4, -0.2) is 45.6 Å². The fourth-order valence-electron chi connectivity index (χ4n) is 2.84. The summed E-state index contributed by atoms with van der Waals surface area (Å²) >= 11 is 0. The molecule has 0 fully saturated rings. The van der Waals surface area contributed by atoms with Gasteiger partial charge in [0, 0.05) is 11.9 Å². The van der Waals surface area contributed by atoms with E-state index in [0.717, 1.165) is 22.9 Å². The van der Waals surface area contributed by atoms with Gasteiger partial charge in [0.05, 0.1) is 17.0 Å². The van der Waals surface area contributed by atoms with Gasteiger partial charge in [0.2, 0.25) is 5.91 Å². The molecule has 8 nitrogen and oxygen atoms in total. The number of esters is 1. The highest BCUT2D eigenvalue weighted by atomic mass is 32.2. The van der Waals surface area contributed by atoms with E-state index < -0.39 is 34.2 Å². The molecule has 9 heteroatoms. The highest BCUT2D eigenvalue weighted by Crippen LogP contribution is 2.21. The minimum atomic E-state index is -3.37. The lowest BCUT2D eigenvalue weighted by Gasteiger charge is -2.13. The Morgan fingerprint density at radius 2 is 1.50 bits per heavy atom. The van der Waals surface area contributed by atoms with Gasteiger partial charge < -0.3 is 15.4 Å². The SMILES string of the molecule is Cc1cc(C)c(NC(=O)CNC(=O)COC(=O)c2ccc(S(C)(=O)=O)cc2)c(C)c1. The summed E-state index contributed by atoms with van der Waals surface area (Å²) in [5.41, 5.74) is 3.73. The standard InChI is InChI=1S/C21H24N2O6S/c1-13-9-14(2)20(15(3)10-13)23-18(24)11-22-19(25)12-29-21(26)16-5-7-17(8-6-16)30(4,27)28/h5-10H,11-12H2,1-4H3,(H,22,25)(H,23,24). The van der Waals surface area contributed by atoms with Crippen LogP contribution in [0.3, 0.4) is 0 Å². The number of nitrogens with one attached hydrogen (secondary N) is 2. The molecule has 0 aliphatic rings. The Morgan fingerprint density at radius 3 is 2.03 bits per heavy atom. The summed E-state index contributed by atoms with van der Waals surface area (Å²) in [6.07, 6.45) is 1.06. The average Bonchev–Trinajstić information content (AvgIpc) is 2.66. The maximum Gasteiger partial charge on any atom is 0.338 e. The second-order valence-electron chi connectivity index (χ2n) is 6.97. The fourth-order valence-corrected chi connectivity index (χ4v) is 3.47. The molecule has 0 radical (unpaired) electrons. The van der Waals surface area contributed by atoms with Crippen molar-refractivity contribution in [3.8, 4) is 0 Å². The third kappa shape index (κ3) is 6.41.